The molecule has 0 radical (unpaired) electrons. The smallest absolute Gasteiger partial charge is 0.252 e. The SMILES string of the molecule is CCCNC(=O)c1cncc(Nc2c(C(C)C)cccc2C(C)C)c1. The van der Waals surface area contributed by atoms with E-state index in [0.29, 0.717) is 23.9 Å². The largest absolute Gasteiger partial charge is 0.354 e. The molecule has 1 amide bonds. The minimum atomic E-state index is -0.0840. The summed E-state index contributed by atoms with van der Waals surface area (Å²) >= 11 is 0. The average Bonchev–Trinajstić information content (AvgIpc) is 2.59. The first-order valence-electron chi connectivity index (χ1n) is 9.07. The minimum absolute atomic E-state index is 0.0840. The third kappa shape index (κ3) is 4.81. The molecule has 1 aromatic heterocycles. The Hall–Kier alpha value is -2.36. The Morgan fingerprint density at radius 2 is 1.72 bits per heavy atom. The van der Waals surface area contributed by atoms with Crippen LogP contribution < -0.4 is 10.6 Å². The van der Waals surface area contributed by atoms with Gasteiger partial charge < -0.3 is 10.6 Å². The topological polar surface area (TPSA) is 54.0 Å². The quantitative estimate of drug-likeness (QED) is 0.728. The summed E-state index contributed by atoms with van der Waals surface area (Å²) in [5.74, 6) is 0.731. The summed E-state index contributed by atoms with van der Waals surface area (Å²) in [6.45, 7) is 11.5. The molecule has 2 rings (SSSR count). The highest BCUT2D eigenvalue weighted by Crippen LogP contribution is 2.34. The second kappa shape index (κ2) is 8.65. The molecule has 25 heavy (non-hydrogen) atoms. The summed E-state index contributed by atoms with van der Waals surface area (Å²) in [5, 5.41) is 6.40. The highest BCUT2D eigenvalue weighted by Gasteiger charge is 2.14. The van der Waals surface area contributed by atoms with Gasteiger partial charge in [0.05, 0.1) is 17.4 Å². The summed E-state index contributed by atoms with van der Waals surface area (Å²) in [6, 6.07) is 8.29. The Balaban J connectivity index is 2.35. The summed E-state index contributed by atoms with van der Waals surface area (Å²) in [4.78, 5) is 16.4. The summed E-state index contributed by atoms with van der Waals surface area (Å²) in [6.07, 6.45) is 4.28. The van der Waals surface area contributed by atoms with Gasteiger partial charge in [-0.3, -0.25) is 9.78 Å². The van der Waals surface area contributed by atoms with Crippen LogP contribution >= 0.6 is 0 Å². The Morgan fingerprint density at radius 1 is 1.08 bits per heavy atom. The van der Waals surface area contributed by atoms with E-state index in [1.165, 1.54) is 11.1 Å². The number of benzene rings is 1. The molecule has 0 bridgehead atoms. The van der Waals surface area contributed by atoms with Crippen LogP contribution in [0.25, 0.3) is 0 Å². The highest BCUT2D eigenvalue weighted by atomic mass is 16.1. The van der Waals surface area contributed by atoms with Crippen LogP contribution in [0.15, 0.2) is 36.7 Å². The molecule has 4 heteroatoms. The van der Waals surface area contributed by atoms with E-state index in [-0.39, 0.29) is 5.91 Å². The fourth-order valence-corrected chi connectivity index (χ4v) is 2.81. The summed E-state index contributed by atoms with van der Waals surface area (Å²) < 4.78 is 0. The van der Waals surface area contributed by atoms with Crippen molar-refractivity contribution in [3.8, 4) is 0 Å². The Kier molecular flexibility index (Phi) is 6.57. The normalized spacial score (nSPS) is 11.0. The van der Waals surface area contributed by atoms with E-state index in [9.17, 15) is 4.79 Å². The molecule has 1 aromatic carbocycles. The molecule has 0 fully saturated rings. The number of nitrogens with zero attached hydrogens (tertiary/aromatic N) is 1. The predicted octanol–water partition coefficient (Wildman–Crippen LogP) is 5.21. The first-order valence-corrected chi connectivity index (χ1v) is 9.07. The van der Waals surface area contributed by atoms with Crippen molar-refractivity contribution in [2.45, 2.75) is 52.9 Å². The molecule has 2 N–H and O–H groups in total. The van der Waals surface area contributed by atoms with Gasteiger partial charge in [0.2, 0.25) is 0 Å². The molecular formula is C21H29N3O. The van der Waals surface area contributed by atoms with Crippen molar-refractivity contribution >= 4 is 17.3 Å². The zero-order valence-corrected chi connectivity index (χ0v) is 15.9. The molecule has 1 heterocycles. The Morgan fingerprint density at radius 3 is 2.28 bits per heavy atom. The van der Waals surface area contributed by atoms with Crippen LogP contribution in [0.4, 0.5) is 11.4 Å². The Bertz CT molecular complexity index is 697. The highest BCUT2D eigenvalue weighted by molar-refractivity contribution is 5.94. The zero-order chi connectivity index (χ0) is 18.4. The number of nitrogens with one attached hydrogen (secondary N) is 2. The van der Waals surface area contributed by atoms with Crippen molar-refractivity contribution in [1.29, 1.82) is 0 Å². The molecule has 2 aromatic rings. The molecule has 134 valence electrons. The maximum Gasteiger partial charge on any atom is 0.252 e. The van der Waals surface area contributed by atoms with Gasteiger partial charge in [-0.1, -0.05) is 52.8 Å². The van der Waals surface area contributed by atoms with E-state index < -0.39 is 0 Å². The van der Waals surface area contributed by atoms with Crippen LogP contribution in [0.2, 0.25) is 0 Å². The molecule has 0 saturated heterocycles. The second-order valence-electron chi connectivity index (χ2n) is 6.96. The zero-order valence-electron chi connectivity index (χ0n) is 15.9. The number of para-hydroxylation sites is 1. The molecule has 0 aliphatic carbocycles. The maximum atomic E-state index is 12.2. The van der Waals surface area contributed by atoms with E-state index in [1.807, 2.05) is 13.0 Å². The molecule has 4 nitrogen and oxygen atoms in total. The van der Waals surface area contributed by atoms with E-state index in [1.54, 1.807) is 12.4 Å². The van der Waals surface area contributed by atoms with Crippen LogP contribution in [0.5, 0.6) is 0 Å². The maximum absolute atomic E-state index is 12.2. The van der Waals surface area contributed by atoms with E-state index >= 15 is 0 Å². The van der Waals surface area contributed by atoms with Crippen molar-refractivity contribution in [3.05, 3.63) is 53.3 Å². The van der Waals surface area contributed by atoms with Gasteiger partial charge in [0.15, 0.2) is 0 Å². The number of rotatable bonds is 7. The molecule has 0 saturated carbocycles. The predicted molar refractivity (Wildman–Crippen MR) is 105 cm³/mol. The fraction of sp³-hybridized carbons (Fsp3) is 0.429. The van der Waals surface area contributed by atoms with Gasteiger partial charge in [-0.25, -0.2) is 0 Å². The van der Waals surface area contributed by atoms with Crippen LogP contribution in [0.1, 0.15) is 74.4 Å². The van der Waals surface area contributed by atoms with Gasteiger partial charge in [0.25, 0.3) is 5.91 Å². The van der Waals surface area contributed by atoms with E-state index in [0.717, 1.165) is 17.8 Å². The molecule has 0 aliphatic rings. The Labute approximate surface area is 151 Å². The van der Waals surface area contributed by atoms with Gasteiger partial charge in [-0.15, -0.1) is 0 Å². The van der Waals surface area contributed by atoms with Crippen LogP contribution in [0, 0.1) is 0 Å². The number of carbonyl (C=O) groups excluding carboxylic acids is 1. The number of hydrogen-bond acceptors (Lipinski definition) is 3. The van der Waals surface area contributed by atoms with E-state index in [2.05, 4.69) is 61.5 Å². The first kappa shape index (κ1) is 19.0. The molecule has 0 atom stereocenters. The van der Waals surface area contributed by atoms with Gasteiger partial charge in [-0.2, -0.15) is 0 Å². The number of amides is 1. The molecule has 0 unspecified atom stereocenters. The van der Waals surface area contributed by atoms with Crippen molar-refractivity contribution in [1.82, 2.24) is 10.3 Å². The van der Waals surface area contributed by atoms with Gasteiger partial charge >= 0.3 is 0 Å². The van der Waals surface area contributed by atoms with Crippen molar-refractivity contribution in [2.24, 2.45) is 0 Å². The second-order valence-corrected chi connectivity index (χ2v) is 6.96. The lowest BCUT2D eigenvalue weighted by Gasteiger charge is -2.21. The lowest BCUT2D eigenvalue weighted by molar-refractivity contribution is 0.0953. The standard InChI is InChI=1S/C21H29N3O/c1-6-10-23-21(25)16-11-17(13-22-12-16)24-20-18(14(2)3)8-7-9-19(20)15(4)5/h7-9,11-15,24H,6,10H2,1-5H3,(H,23,25). The van der Waals surface area contributed by atoms with Crippen molar-refractivity contribution in [3.63, 3.8) is 0 Å². The van der Waals surface area contributed by atoms with Gasteiger partial charge in [0.1, 0.15) is 0 Å². The van der Waals surface area contributed by atoms with Crippen molar-refractivity contribution < 1.29 is 4.79 Å². The number of aromatic nitrogens is 1. The third-order valence-electron chi connectivity index (χ3n) is 4.18. The molecular weight excluding hydrogens is 310 g/mol. The number of hydrogen-bond donors (Lipinski definition) is 2. The molecule has 0 aliphatic heterocycles. The lowest BCUT2D eigenvalue weighted by Crippen LogP contribution is -2.24. The van der Waals surface area contributed by atoms with Crippen molar-refractivity contribution in [2.75, 3.05) is 11.9 Å². The van der Waals surface area contributed by atoms with Gasteiger partial charge in [-0.05, 0) is 35.4 Å². The number of pyridine rings is 1. The average molecular weight is 339 g/mol. The monoisotopic (exact) mass is 339 g/mol. The lowest BCUT2D eigenvalue weighted by atomic mass is 9.92. The first-order chi connectivity index (χ1) is 11.9. The number of anilines is 2. The summed E-state index contributed by atoms with van der Waals surface area (Å²) in [7, 11) is 0. The summed E-state index contributed by atoms with van der Waals surface area (Å²) in [5.41, 5.74) is 5.07. The minimum Gasteiger partial charge on any atom is -0.354 e. The van der Waals surface area contributed by atoms with Crippen LogP contribution in [-0.4, -0.2) is 17.4 Å². The number of carbonyl (C=O) groups is 1. The third-order valence-corrected chi connectivity index (χ3v) is 4.18. The van der Waals surface area contributed by atoms with Crippen LogP contribution in [-0.2, 0) is 0 Å². The van der Waals surface area contributed by atoms with Crippen LogP contribution in [0.3, 0.4) is 0 Å². The van der Waals surface area contributed by atoms with E-state index in [4.69, 9.17) is 0 Å². The fourth-order valence-electron chi connectivity index (χ4n) is 2.81. The van der Waals surface area contributed by atoms with Gasteiger partial charge in [0, 0.05) is 18.4 Å². The molecule has 0 spiro atoms.